The van der Waals surface area contributed by atoms with E-state index in [1.165, 1.54) is 11.1 Å². The van der Waals surface area contributed by atoms with Crippen molar-refractivity contribution < 1.29 is 4.74 Å². The highest BCUT2D eigenvalue weighted by molar-refractivity contribution is 5.49. The molecule has 0 saturated heterocycles. The number of hydrogen-bond acceptors (Lipinski definition) is 2. The maximum Gasteiger partial charge on any atom is 0.126 e. The third-order valence-corrected chi connectivity index (χ3v) is 4.38. The number of rotatable bonds is 2. The minimum Gasteiger partial charge on any atom is -0.493 e. The molecule has 1 fully saturated rings. The fourth-order valence-electron chi connectivity index (χ4n) is 3.29. The van der Waals surface area contributed by atoms with E-state index < -0.39 is 0 Å². The molecule has 1 heterocycles. The van der Waals surface area contributed by atoms with Gasteiger partial charge in [0.05, 0.1) is 6.61 Å². The summed E-state index contributed by atoms with van der Waals surface area (Å²) in [6.07, 6.45) is 1.06. The summed E-state index contributed by atoms with van der Waals surface area (Å²) < 4.78 is 5.78. The van der Waals surface area contributed by atoms with E-state index in [0.29, 0.717) is 17.3 Å². The van der Waals surface area contributed by atoms with Gasteiger partial charge in [0.15, 0.2) is 0 Å². The summed E-state index contributed by atoms with van der Waals surface area (Å²) in [5, 5.41) is 0. The molecule has 2 aliphatic rings. The molecular formula is C14H19NO. The van der Waals surface area contributed by atoms with Gasteiger partial charge in [0, 0.05) is 6.42 Å². The predicted molar refractivity (Wildman–Crippen MR) is 64.7 cm³/mol. The quantitative estimate of drug-likeness (QED) is 0.825. The van der Waals surface area contributed by atoms with Gasteiger partial charge in [-0.05, 0) is 34.9 Å². The molecule has 0 aromatic heterocycles. The Morgan fingerprint density at radius 1 is 1.44 bits per heavy atom. The Labute approximate surface area is 96.8 Å². The summed E-state index contributed by atoms with van der Waals surface area (Å²) in [4.78, 5) is 0. The first kappa shape index (κ1) is 10.2. The lowest BCUT2D eigenvalue weighted by Crippen LogP contribution is -2.05. The van der Waals surface area contributed by atoms with Crippen molar-refractivity contribution in [1.29, 1.82) is 0 Å². The largest absolute Gasteiger partial charge is 0.493 e. The first-order chi connectivity index (χ1) is 7.66. The zero-order valence-corrected chi connectivity index (χ0v) is 9.99. The third kappa shape index (κ3) is 1.23. The SMILES string of the molecule is CC1(C)C(CN)C1c1cccc2c1OCC2. The Balaban J connectivity index is 2.00. The lowest BCUT2D eigenvalue weighted by Gasteiger charge is -2.09. The third-order valence-electron chi connectivity index (χ3n) is 4.38. The van der Waals surface area contributed by atoms with Crippen LogP contribution in [0.25, 0.3) is 0 Å². The number of ether oxygens (including phenoxy) is 1. The number of hydrogen-bond donors (Lipinski definition) is 1. The van der Waals surface area contributed by atoms with Crippen molar-refractivity contribution in [3.8, 4) is 5.75 Å². The Morgan fingerprint density at radius 2 is 2.25 bits per heavy atom. The normalized spacial score (nSPS) is 29.7. The molecule has 1 aromatic carbocycles. The van der Waals surface area contributed by atoms with E-state index >= 15 is 0 Å². The van der Waals surface area contributed by atoms with Gasteiger partial charge in [0.25, 0.3) is 0 Å². The van der Waals surface area contributed by atoms with E-state index in [1.54, 1.807) is 0 Å². The highest BCUT2D eigenvalue weighted by atomic mass is 16.5. The minimum absolute atomic E-state index is 0.343. The Hall–Kier alpha value is -1.02. The molecule has 0 amide bonds. The van der Waals surface area contributed by atoms with Crippen LogP contribution in [-0.2, 0) is 6.42 Å². The van der Waals surface area contributed by atoms with E-state index in [1.807, 2.05) is 0 Å². The molecule has 16 heavy (non-hydrogen) atoms. The van der Waals surface area contributed by atoms with Crippen molar-refractivity contribution in [2.24, 2.45) is 17.1 Å². The molecule has 1 saturated carbocycles. The summed E-state index contributed by atoms with van der Waals surface area (Å²) in [6.45, 7) is 6.24. The Kier molecular flexibility index (Phi) is 2.05. The molecule has 2 unspecified atom stereocenters. The van der Waals surface area contributed by atoms with Crippen LogP contribution in [0, 0.1) is 11.3 Å². The van der Waals surface area contributed by atoms with Crippen LogP contribution >= 0.6 is 0 Å². The topological polar surface area (TPSA) is 35.2 Å². The molecule has 3 rings (SSSR count). The van der Waals surface area contributed by atoms with E-state index in [9.17, 15) is 0 Å². The maximum absolute atomic E-state index is 5.84. The monoisotopic (exact) mass is 217 g/mol. The number of fused-ring (bicyclic) bond motifs is 1. The van der Waals surface area contributed by atoms with Crippen molar-refractivity contribution in [3.05, 3.63) is 29.3 Å². The van der Waals surface area contributed by atoms with E-state index in [0.717, 1.165) is 25.3 Å². The van der Waals surface area contributed by atoms with Gasteiger partial charge in [-0.3, -0.25) is 0 Å². The molecule has 86 valence electrons. The van der Waals surface area contributed by atoms with Gasteiger partial charge in [-0.25, -0.2) is 0 Å². The molecule has 2 atom stereocenters. The van der Waals surface area contributed by atoms with E-state index in [4.69, 9.17) is 10.5 Å². The molecule has 1 aliphatic heterocycles. The summed E-state index contributed by atoms with van der Waals surface area (Å²) >= 11 is 0. The number of nitrogens with two attached hydrogens (primary N) is 1. The van der Waals surface area contributed by atoms with Gasteiger partial charge >= 0.3 is 0 Å². The van der Waals surface area contributed by atoms with Gasteiger partial charge in [0.2, 0.25) is 0 Å². The smallest absolute Gasteiger partial charge is 0.126 e. The number of benzene rings is 1. The van der Waals surface area contributed by atoms with Crippen molar-refractivity contribution in [1.82, 2.24) is 0 Å². The van der Waals surface area contributed by atoms with Crippen LogP contribution in [0.3, 0.4) is 0 Å². The van der Waals surface area contributed by atoms with Crippen molar-refractivity contribution in [3.63, 3.8) is 0 Å². The summed E-state index contributed by atoms with van der Waals surface area (Å²) in [6, 6.07) is 6.55. The fraction of sp³-hybridized carbons (Fsp3) is 0.571. The standard InChI is InChI=1S/C14H19NO/c1-14(2)11(8-15)12(14)10-5-3-4-9-6-7-16-13(9)10/h3-5,11-12H,6-8,15H2,1-2H3. The lowest BCUT2D eigenvalue weighted by molar-refractivity contribution is 0.352. The Bertz CT molecular complexity index is 425. The van der Waals surface area contributed by atoms with Gasteiger partial charge in [-0.2, -0.15) is 0 Å². The molecule has 2 nitrogen and oxygen atoms in total. The fourth-order valence-corrected chi connectivity index (χ4v) is 3.29. The van der Waals surface area contributed by atoms with Crippen LogP contribution in [0.1, 0.15) is 30.9 Å². The van der Waals surface area contributed by atoms with Crippen molar-refractivity contribution in [2.45, 2.75) is 26.2 Å². The second-order valence-corrected chi connectivity index (χ2v) is 5.58. The second kappa shape index (κ2) is 3.24. The van der Waals surface area contributed by atoms with Crippen LogP contribution in [0.15, 0.2) is 18.2 Å². The predicted octanol–water partition coefficient (Wildman–Crippen LogP) is 2.32. The van der Waals surface area contributed by atoms with Crippen molar-refractivity contribution >= 4 is 0 Å². The van der Waals surface area contributed by atoms with Crippen LogP contribution in [0.2, 0.25) is 0 Å². The Morgan fingerprint density at radius 3 is 2.94 bits per heavy atom. The van der Waals surface area contributed by atoms with Gasteiger partial charge < -0.3 is 10.5 Å². The van der Waals surface area contributed by atoms with Crippen LogP contribution < -0.4 is 10.5 Å². The first-order valence-corrected chi connectivity index (χ1v) is 6.11. The van der Waals surface area contributed by atoms with Gasteiger partial charge in [0.1, 0.15) is 5.75 Å². The average Bonchev–Trinajstić information content (AvgIpc) is 2.65. The minimum atomic E-state index is 0.343. The van der Waals surface area contributed by atoms with Crippen LogP contribution in [-0.4, -0.2) is 13.2 Å². The summed E-state index contributed by atoms with van der Waals surface area (Å²) in [7, 11) is 0. The zero-order valence-electron chi connectivity index (χ0n) is 9.99. The van der Waals surface area contributed by atoms with Gasteiger partial charge in [-0.1, -0.05) is 32.0 Å². The zero-order chi connectivity index (χ0) is 11.3. The van der Waals surface area contributed by atoms with E-state index in [2.05, 4.69) is 32.0 Å². The summed E-state index contributed by atoms with van der Waals surface area (Å²) in [5.74, 6) is 2.35. The van der Waals surface area contributed by atoms with Crippen LogP contribution in [0.4, 0.5) is 0 Å². The molecule has 1 aromatic rings. The average molecular weight is 217 g/mol. The maximum atomic E-state index is 5.84. The van der Waals surface area contributed by atoms with Gasteiger partial charge in [-0.15, -0.1) is 0 Å². The molecule has 0 bridgehead atoms. The lowest BCUT2D eigenvalue weighted by atomic mass is 9.99. The molecule has 2 N–H and O–H groups in total. The highest BCUT2D eigenvalue weighted by Crippen LogP contribution is 2.65. The van der Waals surface area contributed by atoms with Crippen molar-refractivity contribution in [2.75, 3.05) is 13.2 Å². The molecular weight excluding hydrogens is 198 g/mol. The second-order valence-electron chi connectivity index (χ2n) is 5.58. The first-order valence-electron chi connectivity index (χ1n) is 6.11. The van der Waals surface area contributed by atoms with E-state index in [-0.39, 0.29) is 0 Å². The highest BCUT2D eigenvalue weighted by Gasteiger charge is 2.58. The molecule has 1 aliphatic carbocycles. The summed E-state index contributed by atoms with van der Waals surface area (Å²) in [5.41, 5.74) is 8.94. The molecule has 0 radical (unpaired) electrons. The van der Waals surface area contributed by atoms with Crippen LogP contribution in [0.5, 0.6) is 5.75 Å². The molecule has 0 spiro atoms. The number of para-hydroxylation sites is 1. The molecule has 2 heteroatoms.